The lowest BCUT2D eigenvalue weighted by Gasteiger charge is -2.22. The van der Waals surface area contributed by atoms with E-state index < -0.39 is 27.0 Å². The molecule has 19 heavy (non-hydrogen) atoms. The largest absolute Gasteiger partial charge is 0.480 e. The highest BCUT2D eigenvalue weighted by Crippen LogP contribution is 2.30. The van der Waals surface area contributed by atoms with Crippen LogP contribution in [0, 0.1) is 5.92 Å². The van der Waals surface area contributed by atoms with E-state index in [-0.39, 0.29) is 4.90 Å². The Kier molecular flexibility index (Phi) is 5.55. The molecule has 0 aromatic heterocycles. The average molecular weight is 349 g/mol. The zero-order valence-electron chi connectivity index (χ0n) is 10.8. The first kappa shape index (κ1) is 16.2. The van der Waals surface area contributed by atoms with E-state index in [1.165, 1.54) is 6.07 Å². The van der Waals surface area contributed by atoms with Crippen molar-refractivity contribution in [2.45, 2.75) is 36.8 Å². The highest BCUT2D eigenvalue weighted by molar-refractivity contribution is 9.10. The third-order valence-electron chi connectivity index (χ3n) is 3.20. The molecule has 0 heterocycles. The number of aliphatic carboxylic acids is 1. The van der Waals surface area contributed by atoms with Gasteiger partial charge >= 0.3 is 5.97 Å². The molecule has 0 amide bonds. The van der Waals surface area contributed by atoms with Crippen LogP contribution in [-0.4, -0.2) is 24.7 Å². The van der Waals surface area contributed by atoms with Crippen molar-refractivity contribution in [1.82, 2.24) is 0 Å². The van der Waals surface area contributed by atoms with Gasteiger partial charge in [0.25, 0.3) is 0 Å². The summed E-state index contributed by atoms with van der Waals surface area (Å²) in [5.41, 5.74) is 0. The third kappa shape index (κ3) is 3.36. The SMILES string of the molecule is CCC(CC)C(C(=O)O)S(=O)(=O)c1ccccc1Br. The van der Waals surface area contributed by atoms with Crippen LogP contribution in [0.15, 0.2) is 33.6 Å². The van der Waals surface area contributed by atoms with Gasteiger partial charge in [-0.2, -0.15) is 0 Å². The van der Waals surface area contributed by atoms with Crippen LogP contribution in [0.4, 0.5) is 0 Å². The number of sulfone groups is 1. The first-order valence-corrected chi connectivity index (χ1v) is 8.41. The second kappa shape index (κ2) is 6.52. The van der Waals surface area contributed by atoms with Gasteiger partial charge < -0.3 is 5.11 Å². The van der Waals surface area contributed by atoms with Gasteiger partial charge in [-0.05, 0) is 34.0 Å². The van der Waals surface area contributed by atoms with Crippen LogP contribution >= 0.6 is 15.9 Å². The second-order valence-electron chi connectivity index (χ2n) is 4.31. The average Bonchev–Trinajstić information content (AvgIpc) is 2.35. The van der Waals surface area contributed by atoms with Crippen LogP contribution in [0.2, 0.25) is 0 Å². The van der Waals surface area contributed by atoms with Crippen molar-refractivity contribution in [2.24, 2.45) is 5.92 Å². The van der Waals surface area contributed by atoms with Crippen molar-refractivity contribution in [3.05, 3.63) is 28.7 Å². The van der Waals surface area contributed by atoms with Crippen LogP contribution in [0.3, 0.4) is 0 Å². The summed E-state index contributed by atoms with van der Waals surface area (Å²) in [5, 5.41) is 7.90. The maximum absolute atomic E-state index is 12.5. The lowest BCUT2D eigenvalue weighted by Crippen LogP contribution is -2.37. The fourth-order valence-corrected chi connectivity index (χ4v) is 5.12. The number of benzene rings is 1. The number of carboxylic acids is 1. The van der Waals surface area contributed by atoms with Gasteiger partial charge in [-0.1, -0.05) is 38.8 Å². The smallest absolute Gasteiger partial charge is 0.322 e. The number of rotatable bonds is 6. The molecule has 4 nitrogen and oxygen atoms in total. The van der Waals surface area contributed by atoms with Gasteiger partial charge in [-0.25, -0.2) is 8.42 Å². The molecule has 0 aliphatic heterocycles. The van der Waals surface area contributed by atoms with Gasteiger partial charge in [-0.15, -0.1) is 0 Å². The third-order valence-corrected chi connectivity index (χ3v) is 6.38. The molecule has 0 saturated carbocycles. The van der Waals surface area contributed by atoms with Crippen molar-refractivity contribution in [3.63, 3.8) is 0 Å². The Labute approximate surface area is 121 Å². The number of halogens is 1. The number of hydrogen-bond acceptors (Lipinski definition) is 3. The molecular formula is C13H17BrO4S. The Morgan fingerprint density at radius 1 is 1.26 bits per heavy atom. The molecule has 1 rings (SSSR count). The van der Waals surface area contributed by atoms with Crippen molar-refractivity contribution in [1.29, 1.82) is 0 Å². The molecular weight excluding hydrogens is 332 g/mol. The zero-order chi connectivity index (χ0) is 14.6. The van der Waals surface area contributed by atoms with E-state index in [2.05, 4.69) is 15.9 Å². The normalized spacial score (nSPS) is 13.5. The van der Waals surface area contributed by atoms with E-state index in [0.717, 1.165) is 0 Å². The lowest BCUT2D eigenvalue weighted by atomic mass is 9.99. The van der Waals surface area contributed by atoms with Crippen LogP contribution in [0.1, 0.15) is 26.7 Å². The number of carbonyl (C=O) groups is 1. The first-order valence-electron chi connectivity index (χ1n) is 6.07. The van der Waals surface area contributed by atoms with E-state index in [1.807, 2.05) is 0 Å². The maximum atomic E-state index is 12.5. The van der Waals surface area contributed by atoms with E-state index in [0.29, 0.717) is 17.3 Å². The molecule has 6 heteroatoms. The minimum Gasteiger partial charge on any atom is -0.480 e. The summed E-state index contributed by atoms with van der Waals surface area (Å²) >= 11 is 3.17. The molecule has 1 N–H and O–H groups in total. The molecule has 0 radical (unpaired) electrons. The molecule has 0 bridgehead atoms. The van der Waals surface area contributed by atoms with E-state index in [1.54, 1.807) is 32.0 Å². The molecule has 1 atom stereocenters. The molecule has 0 spiro atoms. The summed E-state index contributed by atoms with van der Waals surface area (Å²) in [4.78, 5) is 11.4. The molecule has 106 valence electrons. The maximum Gasteiger partial charge on any atom is 0.322 e. The molecule has 1 unspecified atom stereocenters. The van der Waals surface area contributed by atoms with E-state index >= 15 is 0 Å². The summed E-state index contributed by atoms with van der Waals surface area (Å²) in [7, 11) is -3.90. The van der Waals surface area contributed by atoms with Crippen molar-refractivity contribution < 1.29 is 18.3 Å². The molecule has 1 aromatic rings. The Balaban J connectivity index is 3.37. The number of carboxylic acid groups (broad SMARTS) is 1. The van der Waals surface area contributed by atoms with Crippen LogP contribution in [0.25, 0.3) is 0 Å². The van der Waals surface area contributed by atoms with E-state index in [9.17, 15) is 18.3 Å². The monoisotopic (exact) mass is 348 g/mol. The predicted molar refractivity (Wildman–Crippen MR) is 76.8 cm³/mol. The Bertz CT molecular complexity index is 550. The highest BCUT2D eigenvalue weighted by Gasteiger charge is 2.39. The lowest BCUT2D eigenvalue weighted by molar-refractivity contribution is -0.137. The van der Waals surface area contributed by atoms with Gasteiger partial charge in [0.15, 0.2) is 15.1 Å². The van der Waals surface area contributed by atoms with E-state index in [4.69, 9.17) is 0 Å². The highest BCUT2D eigenvalue weighted by atomic mass is 79.9. The Morgan fingerprint density at radius 2 is 1.79 bits per heavy atom. The standard InChI is InChI=1S/C13H17BrO4S/c1-3-9(4-2)12(13(15)16)19(17,18)11-8-6-5-7-10(11)14/h5-9,12H,3-4H2,1-2H3,(H,15,16). The van der Waals surface area contributed by atoms with Crippen LogP contribution in [-0.2, 0) is 14.6 Å². The predicted octanol–water partition coefficient (Wildman–Crippen LogP) is 3.11. The quantitative estimate of drug-likeness (QED) is 0.857. The van der Waals surface area contributed by atoms with Gasteiger partial charge in [0.2, 0.25) is 0 Å². The number of hydrogen-bond donors (Lipinski definition) is 1. The van der Waals surface area contributed by atoms with Crippen LogP contribution < -0.4 is 0 Å². The minimum absolute atomic E-state index is 0.0364. The fraction of sp³-hybridized carbons (Fsp3) is 0.462. The molecule has 0 aliphatic carbocycles. The first-order chi connectivity index (χ1) is 8.86. The molecule has 1 aromatic carbocycles. The Hall–Kier alpha value is -0.880. The summed E-state index contributed by atoms with van der Waals surface area (Å²) in [6.45, 7) is 3.61. The zero-order valence-corrected chi connectivity index (χ0v) is 13.2. The van der Waals surface area contributed by atoms with Gasteiger partial charge in [0.1, 0.15) is 0 Å². The Morgan fingerprint density at radius 3 is 2.21 bits per heavy atom. The second-order valence-corrected chi connectivity index (χ2v) is 7.20. The summed E-state index contributed by atoms with van der Waals surface area (Å²) in [6, 6.07) is 6.30. The van der Waals surface area contributed by atoms with Crippen molar-refractivity contribution >= 4 is 31.7 Å². The summed E-state index contributed by atoms with van der Waals surface area (Å²) in [5.74, 6) is -1.68. The molecule has 0 saturated heterocycles. The summed E-state index contributed by atoms with van der Waals surface area (Å²) < 4.78 is 25.5. The molecule has 0 fully saturated rings. The van der Waals surface area contributed by atoms with Gasteiger partial charge in [0.05, 0.1) is 4.90 Å². The topological polar surface area (TPSA) is 71.4 Å². The summed E-state index contributed by atoms with van der Waals surface area (Å²) in [6.07, 6.45) is 1.02. The van der Waals surface area contributed by atoms with Crippen LogP contribution in [0.5, 0.6) is 0 Å². The van der Waals surface area contributed by atoms with Crippen molar-refractivity contribution in [3.8, 4) is 0 Å². The van der Waals surface area contributed by atoms with Gasteiger partial charge in [0, 0.05) is 4.47 Å². The molecule has 0 aliphatic rings. The van der Waals surface area contributed by atoms with Crippen molar-refractivity contribution in [2.75, 3.05) is 0 Å². The fourth-order valence-electron chi connectivity index (χ4n) is 2.12. The minimum atomic E-state index is -3.90. The van der Waals surface area contributed by atoms with Gasteiger partial charge in [-0.3, -0.25) is 4.79 Å².